The third-order valence-electron chi connectivity index (χ3n) is 3.81. The lowest BCUT2D eigenvalue weighted by Crippen LogP contribution is -2.42. The highest BCUT2D eigenvalue weighted by Gasteiger charge is 2.25. The average molecular weight is 325 g/mol. The molecule has 1 aromatic rings. The number of likely N-dealkylation sites (N-methyl/N-ethyl adjacent to an activating group) is 1. The Bertz CT molecular complexity index is 475. The van der Waals surface area contributed by atoms with Crippen molar-refractivity contribution in [2.75, 3.05) is 26.7 Å². The predicted molar refractivity (Wildman–Crippen MR) is 81.5 cm³/mol. The van der Waals surface area contributed by atoms with Crippen LogP contribution in [0.3, 0.4) is 0 Å². The normalized spacial score (nSPS) is 21.3. The quantitative estimate of drug-likeness (QED) is 0.793. The van der Waals surface area contributed by atoms with Crippen molar-refractivity contribution in [1.82, 2.24) is 9.80 Å². The molecule has 0 N–H and O–H groups in total. The zero-order valence-electron chi connectivity index (χ0n) is 11.8. The zero-order valence-corrected chi connectivity index (χ0v) is 13.4. The van der Waals surface area contributed by atoms with Crippen molar-refractivity contribution in [1.29, 1.82) is 0 Å². The van der Waals surface area contributed by atoms with Gasteiger partial charge in [0.2, 0.25) is 0 Å². The summed E-state index contributed by atoms with van der Waals surface area (Å²) in [6.45, 7) is 6.97. The fourth-order valence-electron chi connectivity index (χ4n) is 2.67. The van der Waals surface area contributed by atoms with Gasteiger partial charge in [-0.3, -0.25) is 4.79 Å². The van der Waals surface area contributed by atoms with Gasteiger partial charge in [-0.2, -0.15) is 0 Å². The summed E-state index contributed by atoms with van der Waals surface area (Å²) in [5.41, 5.74) is 1.84. The molecule has 0 aromatic heterocycles. The molecule has 1 aliphatic heterocycles. The molecule has 1 atom stereocenters. The van der Waals surface area contributed by atoms with Crippen LogP contribution in [0.5, 0.6) is 0 Å². The van der Waals surface area contributed by atoms with Crippen molar-refractivity contribution in [2.45, 2.75) is 26.3 Å². The van der Waals surface area contributed by atoms with Crippen LogP contribution in [0.1, 0.15) is 29.3 Å². The standard InChI is InChI=1S/C15H21BrN2O/c1-11-10-17(3)8-5-9-18(11)15(19)13-6-4-7-14(16)12(13)2/h4,6-7,11H,5,8-10H2,1-3H3. The number of carbonyl (C=O) groups is 1. The monoisotopic (exact) mass is 324 g/mol. The molecule has 0 saturated carbocycles. The van der Waals surface area contributed by atoms with Crippen molar-refractivity contribution in [2.24, 2.45) is 0 Å². The van der Waals surface area contributed by atoms with Crippen LogP contribution in [0.25, 0.3) is 0 Å². The van der Waals surface area contributed by atoms with Gasteiger partial charge in [0.25, 0.3) is 5.91 Å². The summed E-state index contributed by atoms with van der Waals surface area (Å²) >= 11 is 3.50. The zero-order chi connectivity index (χ0) is 14.0. The molecule has 1 fully saturated rings. The SMILES string of the molecule is Cc1c(Br)cccc1C(=O)N1CCCN(C)CC1C. The summed E-state index contributed by atoms with van der Waals surface area (Å²) in [5, 5.41) is 0. The van der Waals surface area contributed by atoms with Gasteiger partial charge in [-0.15, -0.1) is 0 Å². The Morgan fingerprint density at radius 1 is 1.37 bits per heavy atom. The third kappa shape index (κ3) is 3.18. The molecule has 1 aliphatic rings. The second-order valence-electron chi connectivity index (χ2n) is 5.38. The molecule has 4 heteroatoms. The number of rotatable bonds is 1. The van der Waals surface area contributed by atoms with E-state index in [9.17, 15) is 4.79 Å². The second kappa shape index (κ2) is 6.06. The molecule has 1 heterocycles. The van der Waals surface area contributed by atoms with E-state index in [1.807, 2.05) is 30.0 Å². The van der Waals surface area contributed by atoms with Crippen LogP contribution in [0.2, 0.25) is 0 Å². The van der Waals surface area contributed by atoms with Gasteiger partial charge in [-0.05, 0) is 51.6 Å². The van der Waals surface area contributed by atoms with Gasteiger partial charge in [-0.1, -0.05) is 22.0 Å². The lowest BCUT2D eigenvalue weighted by molar-refractivity contribution is 0.0695. The molecule has 104 valence electrons. The van der Waals surface area contributed by atoms with Crippen LogP contribution in [-0.2, 0) is 0 Å². The molecule has 1 amide bonds. The summed E-state index contributed by atoms with van der Waals surface area (Å²) < 4.78 is 0.998. The Morgan fingerprint density at radius 3 is 2.84 bits per heavy atom. The molecule has 3 nitrogen and oxygen atoms in total. The first-order valence-corrected chi connectivity index (χ1v) is 7.54. The molecule has 1 saturated heterocycles. The minimum atomic E-state index is 0.154. The van der Waals surface area contributed by atoms with Crippen molar-refractivity contribution in [3.8, 4) is 0 Å². The van der Waals surface area contributed by atoms with Crippen molar-refractivity contribution >= 4 is 21.8 Å². The highest BCUT2D eigenvalue weighted by molar-refractivity contribution is 9.10. The van der Waals surface area contributed by atoms with E-state index in [1.54, 1.807) is 0 Å². The Kier molecular flexibility index (Phi) is 4.63. The molecule has 1 unspecified atom stereocenters. The van der Waals surface area contributed by atoms with Crippen LogP contribution in [0, 0.1) is 6.92 Å². The average Bonchev–Trinajstić information content (AvgIpc) is 2.53. The Labute approximate surface area is 123 Å². The molecule has 0 bridgehead atoms. The third-order valence-corrected chi connectivity index (χ3v) is 4.66. The maximum Gasteiger partial charge on any atom is 0.254 e. The number of halogens is 1. The Hall–Kier alpha value is -0.870. The summed E-state index contributed by atoms with van der Waals surface area (Å²) in [4.78, 5) is 17.0. The summed E-state index contributed by atoms with van der Waals surface area (Å²) in [5.74, 6) is 0.154. The topological polar surface area (TPSA) is 23.6 Å². The van der Waals surface area contributed by atoms with Crippen LogP contribution < -0.4 is 0 Å². The molecular formula is C15H21BrN2O. The minimum absolute atomic E-state index is 0.154. The predicted octanol–water partition coefficient (Wildman–Crippen LogP) is 2.92. The number of hydrogen-bond acceptors (Lipinski definition) is 2. The van der Waals surface area contributed by atoms with Crippen molar-refractivity contribution < 1.29 is 4.79 Å². The highest BCUT2D eigenvalue weighted by Crippen LogP contribution is 2.22. The van der Waals surface area contributed by atoms with E-state index in [1.165, 1.54) is 0 Å². The van der Waals surface area contributed by atoms with E-state index in [2.05, 4.69) is 34.8 Å². The van der Waals surface area contributed by atoms with Crippen LogP contribution in [0.4, 0.5) is 0 Å². The second-order valence-corrected chi connectivity index (χ2v) is 6.23. The number of amides is 1. The van der Waals surface area contributed by atoms with Gasteiger partial charge in [0.15, 0.2) is 0 Å². The van der Waals surface area contributed by atoms with Crippen LogP contribution in [-0.4, -0.2) is 48.4 Å². The van der Waals surface area contributed by atoms with E-state index in [-0.39, 0.29) is 11.9 Å². The molecule has 0 spiro atoms. The lowest BCUT2D eigenvalue weighted by Gasteiger charge is -2.28. The molecular weight excluding hydrogens is 304 g/mol. The number of benzene rings is 1. The van der Waals surface area contributed by atoms with E-state index >= 15 is 0 Å². The number of nitrogens with zero attached hydrogens (tertiary/aromatic N) is 2. The summed E-state index contributed by atoms with van der Waals surface area (Å²) in [6.07, 6.45) is 1.04. The minimum Gasteiger partial charge on any atom is -0.335 e. The van der Waals surface area contributed by atoms with Gasteiger partial charge in [0, 0.05) is 29.2 Å². The number of hydrogen-bond donors (Lipinski definition) is 0. The molecule has 1 aromatic carbocycles. The molecule has 2 rings (SSSR count). The first kappa shape index (κ1) is 14.5. The molecule has 0 radical (unpaired) electrons. The van der Waals surface area contributed by atoms with Crippen molar-refractivity contribution in [3.63, 3.8) is 0 Å². The fourth-order valence-corrected chi connectivity index (χ4v) is 3.03. The largest absolute Gasteiger partial charge is 0.335 e. The van der Waals surface area contributed by atoms with E-state index in [4.69, 9.17) is 0 Å². The van der Waals surface area contributed by atoms with Gasteiger partial charge < -0.3 is 9.80 Å². The van der Waals surface area contributed by atoms with Gasteiger partial charge in [0.1, 0.15) is 0 Å². The van der Waals surface area contributed by atoms with Crippen LogP contribution in [0.15, 0.2) is 22.7 Å². The molecule has 0 aliphatic carbocycles. The van der Waals surface area contributed by atoms with Gasteiger partial charge in [0.05, 0.1) is 0 Å². The molecule has 19 heavy (non-hydrogen) atoms. The summed E-state index contributed by atoms with van der Waals surface area (Å²) in [6, 6.07) is 6.09. The van der Waals surface area contributed by atoms with E-state index < -0.39 is 0 Å². The first-order chi connectivity index (χ1) is 9.00. The van der Waals surface area contributed by atoms with Crippen molar-refractivity contribution in [3.05, 3.63) is 33.8 Å². The summed E-state index contributed by atoms with van der Waals surface area (Å²) in [7, 11) is 2.12. The Morgan fingerprint density at radius 2 is 2.11 bits per heavy atom. The smallest absolute Gasteiger partial charge is 0.254 e. The maximum absolute atomic E-state index is 12.7. The highest BCUT2D eigenvalue weighted by atomic mass is 79.9. The van der Waals surface area contributed by atoms with Crippen LogP contribution >= 0.6 is 15.9 Å². The maximum atomic E-state index is 12.7. The first-order valence-electron chi connectivity index (χ1n) is 6.75. The fraction of sp³-hybridized carbons (Fsp3) is 0.533. The number of carbonyl (C=O) groups excluding carboxylic acids is 1. The lowest BCUT2D eigenvalue weighted by atomic mass is 10.1. The van der Waals surface area contributed by atoms with Gasteiger partial charge in [-0.25, -0.2) is 0 Å². The van der Waals surface area contributed by atoms with E-state index in [0.29, 0.717) is 0 Å². The van der Waals surface area contributed by atoms with Gasteiger partial charge >= 0.3 is 0 Å². The Balaban J connectivity index is 2.25. The van der Waals surface area contributed by atoms with E-state index in [0.717, 1.165) is 41.7 Å².